The monoisotopic (exact) mass is 363 g/mol. The lowest BCUT2D eigenvalue weighted by molar-refractivity contribution is -0.132. The molecule has 0 fully saturated rings. The van der Waals surface area contributed by atoms with Gasteiger partial charge in [0.05, 0.1) is 19.6 Å². The highest BCUT2D eigenvalue weighted by atomic mass is 79.9. The number of halogens is 1. The van der Waals surface area contributed by atoms with Crippen molar-refractivity contribution in [2.24, 2.45) is 0 Å². The minimum absolute atomic E-state index is 0.0957. The van der Waals surface area contributed by atoms with Crippen LogP contribution in [0.5, 0.6) is 0 Å². The molecule has 6 heteroatoms. The van der Waals surface area contributed by atoms with Gasteiger partial charge in [-0.2, -0.15) is 0 Å². The van der Waals surface area contributed by atoms with E-state index in [9.17, 15) is 4.79 Å². The Labute approximate surface area is 138 Å². The molecule has 0 saturated heterocycles. The third-order valence-corrected chi connectivity index (χ3v) is 4.61. The van der Waals surface area contributed by atoms with E-state index in [1.54, 1.807) is 4.90 Å². The molecule has 22 heavy (non-hydrogen) atoms. The van der Waals surface area contributed by atoms with Crippen molar-refractivity contribution in [2.45, 2.75) is 20.0 Å². The molecule has 0 unspecified atom stereocenters. The van der Waals surface area contributed by atoms with Crippen LogP contribution in [0.15, 0.2) is 27.1 Å². The molecule has 2 aromatic rings. The van der Waals surface area contributed by atoms with Gasteiger partial charge in [0.2, 0.25) is 11.8 Å². The van der Waals surface area contributed by atoms with Gasteiger partial charge in [0.15, 0.2) is 0 Å². The van der Waals surface area contributed by atoms with Crippen molar-refractivity contribution in [1.82, 2.24) is 14.8 Å². The quantitative estimate of drug-likeness (QED) is 0.841. The van der Waals surface area contributed by atoms with Crippen LogP contribution in [0.3, 0.4) is 0 Å². The topological polar surface area (TPSA) is 49.6 Å². The van der Waals surface area contributed by atoms with Gasteiger partial charge in [-0.3, -0.25) is 4.79 Å². The zero-order valence-corrected chi connectivity index (χ0v) is 14.5. The molecule has 0 N–H and O–H groups in total. The number of hydrogen-bond acceptors (Lipinski definition) is 4. The molecule has 0 bridgehead atoms. The number of oxazole rings is 1. The van der Waals surface area contributed by atoms with E-state index in [0.717, 1.165) is 27.1 Å². The van der Waals surface area contributed by atoms with Crippen LogP contribution in [-0.2, 0) is 17.9 Å². The maximum atomic E-state index is 12.1. The summed E-state index contributed by atoms with van der Waals surface area (Å²) in [6, 6.07) is 5.96. The van der Waals surface area contributed by atoms with E-state index in [4.69, 9.17) is 4.42 Å². The first-order chi connectivity index (χ1) is 10.5. The Hall–Kier alpha value is -1.66. The van der Waals surface area contributed by atoms with Crippen molar-refractivity contribution < 1.29 is 9.21 Å². The van der Waals surface area contributed by atoms with Crippen molar-refractivity contribution in [3.05, 3.63) is 39.7 Å². The van der Waals surface area contributed by atoms with E-state index in [2.05, 4.69) is 20.9 Å². The molecule has 116 valence electrons. The Morgan fingerprint density at radius 2 is 2.18 bits per heavy atom. The maximum Gasteiger partial charge on any atom is 0.237 e. The van der Waals surface area contributed by atoms with Gasteiger partial charge >= 0.3 is 0 Å². The fourth-order valence-corrected chi connectivity index (χ4v) is 2.91. The van der Waals surface area contributed by atoms with Gasteiger partial charge in [0, 0.05) is 10.0 Å². The lowest BCUT2D eigenvalue weighted by Crippen LogP contribution is -2.34. The largest absolute Gasteiger partial charge is 0.439 e. The van der Waals surface area contributed by atoms with Gasteiger partial charge < -0.3 is 14.2 Å². The van der Waals surface area contributed by atoms with Crippen LogP contribution >= 0.6 is 15.9 Å². The lowest BCUT2D eigenvalue weighted by Gasteiger charge is -2.17. The summed E-state index contributed by atoms with van der Waals surface area (Å²) in [5.41, 5.74) is 2.94. The lowest BCUT2D eigenvalue weighted by atomic mass is 10.1. The molecule has 1 aliphatic rings. The Morgan fingerprint density at radius 3 is 2.86 bits per heavy atom. The summed E-state index contributed by atoms with van der Waals surface area (Å²) in [5.74, 6) is 1.52. The summed E-state index contributed by atoms with van der Waals surface area (Å²) in [6.07, 6.45) is 0. The van der Waals surface area contributed by atoms with Gasteiger partial charge in [0.25, 0.3) is 0 Å². The summed E-state index contributed by atoms with van der Waals surface area (Å²) >= 11 is 3.52. The van der Waals surface area contributed by atoms with Gasteiger partial charge in [-0.15, -0.1) is 0 Å². The SMILES string of the molecule is Cc1c(Br)cccc1-c1nc2c(o1)CN(C(=O)CN(C)C)C2. The van der Waals surface area contributed by atoms with Crippen molar-refractivity contribution in [3.63, 3.8) is 0 Å². The van der Waals surface area contributed by atoms with Crippen LogP contribution < -0.4 is 0 Å². The first kappa shape index (κ1) is 15.2. The fourth-order valence-electron chi connectivity index (χ4n) is 2.54. The van der Waals surface area contributed by atoms with Gasteiger partial charge in [-0.05, 0) is 38.7 Å². The van der Waals surface area contributed by atoms with Crippen LogP contribution in [0.1, 0.15) is 17.0 Å². The highest BCUT2D eigenvalue weighted by Crippen LogP contribution is 2.32. The highest BCUT2D eigenvalue weighted by molar-refractivity contribution is 9.10. The van der Waals surface area contributed by atoms with Crippen LogP contribution in [0.2, 0.25) is 0 Å². The molecule has 0 atom stereocenters. The van der Waals surface area contributed by atoms with E-state index < -0.39 is 0 Å². The van der Waals surface area contributed by atoms with Gasteiger partial charge in [-0.1, -0.05) is 22.0 Å². The van der Waals surface area contributed by atoms with E-state index in [1.807, 2.05) is 44.1 Å². The van der Waals surface area contributed by atoms with E-state index in [1.165, 1.54) is 0 Å². The smallest absolute Gasteiger partial charge is 0.237 e. The molecule has 5 nitrogen and oxygen atoms in total. The molecule has 0 saturated carbocycles. The second-order valence-electron chi connectivity index (χ2n) is 5.79. The van der Waals surface area contributed by atoms with E-state index in [-0.39, 0.29) is 5.91 Å². The highest BCUT2D eigenvalue weighted by Gasteiger charge is 2.29. The number of carbonyl (C=O) groups excluding carboxylic acids is 1. The Balaban J connectivity index is 1.81. The van der Waals surface area contributed by atoms with Crippen LogP contribution in [0.25, 0.3) is 11.5 Å². The van der Waals surface area contributed by atoms with Gasteiger partial charge in [-0.25, -0.2) is 4.98 Å². The summed E-state index contributed by atoms with van der Waals surface area (Å²) < 4.78 is 6.93. The first-order valence-corrected chi connectivity index (χ1v) is 7.91. The second-order valence-corrected chi connectivity index (χ2v) is 6.64. The van der Waals surface area contributed by atoms with Gasteiger partial charge in [0.1, 0.15) is 11.5 Å². The molecule has 2 heterocycles. The third kappa shape index (κ3) is 2.80. The molecule has 1 aromatic carbocycles. The third-order valence-electron chi connectivity index (χ3n) is 3.76. The molecule has 1 amide bonds. The number of carbonyl (C=O) groups is 1. The minimum atomic E-state index is 0.0957. The number of rotatable bonds is 3. The summed E-state index contributed by atoms with van der Waals surface area (Å²) in [7, 11) is 3.77. The molecule has 1 aromatic heterocycles. The summed E-state index contributed by atoms with van der Waals surface area (Å²) in [4.78, 5) is 20.3. The second kappa shape index (κ2) is 5.85. The number of likely N-dealkylation sites (N-methyl/N-ethyl adjacent to an activating group) is 1. The number of hydrogen-bond donors (Lipinski definition) is 0. The average molecular weight is 364 g/mol. The number of fused-ring (bicyclic) bond motifs is 1. The Bertz CT molecular complexity index is 701. The molecular formula is C16H18BrN3O2. The van der Waals surface area contributed by atoms with Crippen LogP contribution in [-0.4, -0.2) is 41.3 Å². The normalized spacial score (nSPS) is 13.8. The zero-order chi connectivity index (χ0) is 15.9. The fraction of sp³-hybridized carbons (Fsp3) is 0.375. The van der Waals surface area contributed by atoms with Crippen molar-refractivity contribution in [3.8, 4) is 11.5 Å². The standard InChI is InChI=1S/C16H18BrN3O2/c1-10-11(5-4-6-12(10)17)16-18-13-7-20(8-14(13)22-16)15(21)9-19(2)3/h4-6H,7-9H2,1-3H3. The Kier molecular flexibility index (Phi) is 4.06. The first-order valence-electron chi connectivity index (χ1n) is 7.12. The molecule has 0 spiro atoms. The van der Waals surface area contributed by atoms with Crippen molar-refractivity contribution in [2.75, 3.05) is 20.6 Å². The summed E-state index contributed by atoms with van der Waals surface area (Å²) in [6.45, 7) is 3.46. The summed E-state index contributed by atoms with van der Waals surface area (Å²) in [5, 5.41) is 0. The predicted molar refractivity (Wildman–Crippen MR) is 87.2 cm³/mol. The maximum absolute atomic E-state index is 12.1. The van der Waals surface area contributed by atoms with E-state index in [0.29, 0.717) is 25.5 Å². The van der Waals surface area contributed by atoms with Crippen molar-refractivity contribution >= 4 is 21.8 Å². The van der Waals surface area contributed by atoms with E-state index >= 15 is 0 Å². The Morgan fingerprint density at radius 1 is 1.41 bits per heavy atom. The minimum Gasteiger partial charge on any atom is -0.439 e. The number of aromatic nitrogens is 1. The molecule has 0 radical (unpaired) electrons. The number of nitrogens with zero attached hydrogens (tertiary/aromatic N) is 3. The van der Waals surface area contributed by atoms with Crippen LogP contribution in [0.4, 0.5) is 0 Å². The number of benzene rings is 1. The zero-order valence-electron chi connectivity index (χ0n) is 12.9. The molecule has 1 aliphatic heterocycles. The predicted octanol–water partition coefficient (Wildman–Crippen LogP) is 2.82. The molecule has 3 rings (SSSR count). The average Bonchev–Trinajstić information content (AvgIpc) is 2.99. The molecule has 0 aliphatic carbocycles. The van der Waals surface area contributed by atoms with Crippen LogP contribution in [0, 0.1) is 6.92 Å². The number of amides is 1. The van der Waals surface area contributed by atoms with Crippen molar-refractivity contribution in [1.29, 1.82) is 0 Å². The molecular weight excluding hydrogens is 346 g/mol.